The van der Waals surface area contributed by atoms with Crippen molar-refractivity contribution in [2.24, 2.45) is 0 Å². The number of nitrogens with zero attached hydrogens (tertiary/aromatic N) is 3. The summed E-state index contributed by atoms with van der Waals surface area (Å²) in [6.07, 6.45) is 5.46. The molecule has 1 aliphatic rings. The van der Waals surface area contributed by atoms with E-state index in [1.165, 1.54) is 41.3 Å². The number of nitro benzene ring substituents is 1. The van der Waals surface area contributed by atoms with Gasteiger partial charge in [-0.2, -0.15) is 0 Å². The molecule has 4 rings (SSSR count). The summed E-state index contributed by atoms with van der Waals surface area (Å²) in [5.74, 6) is -0.841. The van der Waals surface area contributed by atoms with Crippen molar-refractivity contribution in [2.75, 3.05) is 17.4 Å². The molecule has 42 heavy (non-hydrogen) atoms. The van der Waals surface area contributed by atoms with Crippen molar-refractivity contribution in [1.29, 1.82) is 0 Å². The first-order valence-electron chi connectivity index (χ1n) is 14.1. The lowest BCUT2D eigenvalue weighted by Crippen LogP contribution is -2.53. The highest BCUT2D eigenvalue weighted by Crippen LogP contribution is 2.26. The smallest absolute Gasteiger partial charge is 0.269 e. The summed E-state index contributed by atoms with van der Waals surface area (Å²) in [5.41, 5.74) is 0.860. The lowest BCUT2D eigenvalue weighted by Gasteiger charge is -2.33. The van der Waals surface area contributed by atoms with E-state index in [-0.39, 0.29) is 34.8 Å². The normalized spacial score (nSPS) is 14.5. The Kier molecular flexibility index (Phi) is 10.3. The quantitative estimate of drug-likeness (QED) is 0.240. The molecule has 1 unspecified atom stereocenters. The van der Waals surface area contributed by atoms with Gasteiger partial charge in [0.25, 0.3) is 15.7 Å². The molecule has 0 bridgehead atoms. The molecule has 1 fully saturated rings. The number of rotatable bonds is 12. The van der Waals surface area contributed by atoms with E-state index in [1.807, 2.05) is 30.3 Å². The Bertz CT molecular complexity index is 1460. The van der Waals surface area contributed by atoms with Gasteiger partial charge >= 0.3 is 0 Å². The molecule has 0 heterocycles. The Morgan fingerprint density at radius 1 is 0.929 bits per heavy atom. The minimum atomic E-state index is -4.24. The van der Waals surface area contributed by atoms with Crippen molar-refractivity contribution in [1.82, 2.24) is 10.2 Å². The second kappa shape index (κ2) is 14.1. The van der Waals surface area contributed by atoms with Crippen molar-refractivity contribution in [3.8, 4) is 0 Å². The van der Waals surface area contributed by atoms with Crippen molar-refractivity contribution >= 4 is 33.2 Å². The van der Waals surface area contributed by atoms with Crippen LogP contribution >= 0.6 is 0 Å². The standard InChI is InChI=1S/C31H36N4O6S/c1-24(31(37)32-26-13-7-3-8-14-26)33(22-21-25-11-5-2-6-12-25)30(36)23-34(27-17-19-28(20-18-27)35(38)39)42(40,41)29-15-9-4-10-16-29/h2,4-6,9-12,15-20,24,26H,3,7-8,13-14,21-23H2,1H3,(H,32,37). The van der Waals surface area contributed by atoms with E-state index in [2.05, 4.69) is 5.32 Å². The van der Waals surface area contributed by atoms with Gasteiger partial charge in [-0.05, 0) is 56.0 Å². The second-order valence-electron chi connectivity index (χ2n) is 10.4. The van der Waals surface area contributed by atoms with Gasteiger partial charge in [0.15, 0.2) is 0 Å². The molecule has 0 spiro atoms. The maximum absolute atomic E-state index is 14.0. The number of nitrogens with one attached hydrogen (secondary N) is 1. The van der Waals surface area contributed by atoms with Crippen LogP contribution in [-0.4, -0.2) is 55.2 Å². The number of amides is 2. The van der Waals surface area contributed by atoms with Crippen LogP contribution in [-0.2, 0) is 26.0 Å². The number of benzene rings is 3. The Hall–Kier alpha value is -4.25. The van der Waals surface area contributed by atoms with Gasteiger partial charge in [-0.15, -0.1) is 0 Å². The van der Waals surface area contributed by atoms with Crippen molar-refractivity contribution in [3.63, 3.8) is 0 Å². The van der Waals surface area contributed by atoms with Gasteiger partial charge in [-0.25, -0.2) is 8.42 Å². The minimum Gasteiger partial charge on any atom is -0.352 e. The topological polar surface area (TPSA) is 130 Å². The number of non-ortho nitro benzene ring substituents is 1. The van der Waals surface area contributed by atoms with Gasteiger partial charge in [-0.1, -0.05) is 67.8 Å². The van der Waals surface area contributed by atoms with Crippen LogP contribution in [0.15, 0.2) is 89.8 Å². The molecule has 10 nitrogen and oxygen atoms in total. The fraction of sp³-hybridized carbons (Fsp3) is 0.355. The van der Waals surface area contributed by atoms with Gasteiger partial charge < -0.3 is 10.2 Å². The summed E-state index contributed by atoms with van der Waals surface area (Å²) in [6, 6.07) is 21.4. The summed E-state index contributed by atoms with van der Waals surface area (Å²) < 4.78 is 28.5. The maximum atomic E-state index is 14.0. The molecule has 0 aliphatic heterocycles. The lowest BCUT2D eigenvalue weighted by atomic mass is 9.95. The average molecular weight is 593 g/mol. The van der Waals surface area contributed by atoms with E-state index in [0.29, 0.717) is 6.42 Å². The number of hydrogen-bond donors (Lipinski definition) is 1. The van der Waals surface area contributed by atoms with E-state index in [1.54, 1.807) is 25.1 Å². The monoisotopic (exact) mass is 592 g/mol. The molecule has 3 aromatic carbocycles. The molecule has 2 amide bonds. The van der Waals surface area contributed by atoms with Crippen LogP contribution in [0.4, 0.5) is 11.4 Å². The summed E-state index contributed by atoms with van der Waals surface area (Å²) in [4.78, 5) is 39.3. The molecule has 1 N–H and O–H groups in total. The van der Waals surface area contributed by atoms with Crippen LogP contribution in [0.2, 0.25) is 0 Å². The Morgan fingerprint density at radius 2 is 1.52 bits per heavy atom. The fourth-order valence-electron chi connectivity index (χ4n) is 5.13. The van der Waals surface area contributed by atoms with E-state index in [9.17, 15) is 28.1 Å². The van der Waals surface area contributed by atoms with Gasteiger partial charge in [-0.3, -0.25) is 24.0 Å². The molecule has 1 saturated carbocycles. The molecular weight excluding hydrogens is 556 g/mol. The number of anilines is 1. The molecule has 0 saturated heterocycles. The maximum Gasteiger partial charge on any atom is 0.269 e. The summed E-state index contributed by atoms with van der Waals surface area (Å²) in [5, 5.41) is 14.3. The highest BCUT2D eigenvalue weighted by Gasteiger charge is 2.33. The summed E-state index contributed by atoms with van der Waals surface area (Å²) >= 11 is 0. The molecule has 222 valence electrons. The van der Waals surface area contributed by atoms with Crippen molar-refractivity contribution in [2.45, 2.75) is 62.4 Å². The number of carbonyl (C=O) groups excluding carboxylic acids is 2. The summed E-state index contributed by atoms with van der Waals surface area (Å²) in [7, 11) is -4.24. The van der Waals surface area contributed by atoms with Crippen LogP contribution in [0.3, 0.4) is 0 Å². The largest absolute Gasteiger partial charge is 0.352 e. The Morgan fingerprint density at radius 3 is 2.12 bits per heavy atom. The predicted molar refractivity (Wildman–Crippen MR) is 160 cm³/mol. The second-order valence-corrected chi connectivity index (χ2v) is 12.3. The average Bonchev–Trinajstić information content (AvgIpc) is 3.01. The number of sulfonamides is 1. The zero-order valence-electron chi connectivity index (χ0n) is 23.6. The molecule has 0 aromatic heterocycles. The highest BCUT2D eigenvalue weighted by molar-refractivity contribution is 7.92. The molecule has 11 heteroatoms. The van der Waals surface area contributed by atoms with Crippen LogP contribution in [0, 0.1) is 10.1 Å². The number of hydrogen-bond acceptors (Lipinski definition) is 6. The van der Waals surface area contributed by atoms with Crippen molar-refractivity contribution in [3.05, 3.63) is 101 Å². The SMILES string of the molecule is CC(C(=O)NC1CCCCC1)N(CCc1ccccc1)C(=O)CN(c1ccc([N+](=O)[O-])cc1)S(=O)(=O)c1ccccc1. The first-order chi connectivity index (χ1) is 20.2. The third-order valence-corrected chi connectivity index (χ3v) is 9.35. The van der Waals surface area contributed by atoms with Crippen LogP contribution in [0.25, 0.3) is 0 Å². The lowest BCUT2D eigenvalue weighted by molar-refractivity contribution is -0.384. The predicted octanol–water partition coefficient (Wildman–Crippen LogP) is 4.70. The molecule has 1 aliphatic carbocycles. The minimum absolute atomic E-state index is 0.0323. The molecular formula is C31H36N4O6S. The third kappa shape index (κ3) is 7.73. The molecule has 3 aromatic rings. The van der Waals surface area contributed by atoms with Gasteiger partial charge in [0, 0.05) is 24.7 Å². The fourth-order valence-corrected chi connectivity index (χ4v) is 6.56. The van der Waals surface area contributed by atoms with Gasteiger partial charge in [0.05, 0.1) is 15.5 Å². The number of nitro groups is 1. The Labute approximate surface area is 246 Å². The van der Waals surface area contributed by atoms with Crippen LogP contribution < -0.4 is 9.62 Å². The molecule has 0 radical (unpaired) electrons. The van der Waals surface area contributed by atoms with Crippen LogP contribution in [0.1, 0.15) is 44.6 Å². The van der Waals surface area contributed by atoms with E-state index < -0.39 is 33.4 Å². The zero-order chi connectivity index (χ0) is 30.1. The molecule has 1 atom stereocenters. The van der Waals surface area contributed by atoms with Gasteiger partial charge in [0.1, 0.15) is 12.6 Å². The summed E-state index contributed by atoms with van der Waals surface area (Å²) in [6.45, 7) is 1.26. The first kappa shape index (κ1) is 30.7. The third-order valence-electron chi connectivity index (χ3n) is 7.56. The van der Waals surface area contributed by atoms with E-state index >= 15 is 0 Å². The first-order valence-corrected chi connectivity index (χ1v) is 15.6. The van der Waals surface area contributed by atoms with E-state index in [0.717, 1.165) is 42.0 Å². The number of carbonyl (C=O) groups is 2. The van der Waals surface area contributed by atoms with Gasteiger partial charge in [0.2, 0.25) is 11.8 Å². The van der Waals surface area contributed by atoms with E-state index in [4.69, 9.17) is 0 Å². The Balaban J connectivity index is 1.64. The van der Waals surface area contributed by atoms with Crippen molar-refractivity contribution < 1.29 is 22.9 Å². The highest BCUT2D eigenvalue weighted by atomic mass is 32.2. The van der Waals surface area contributed by atoms with Crippen LogP contribution in [0.5, 0.6) is 0 Å². The zero-order valence-corrected chi connectivity index (χ0v) is 24.4.